The summed E-state index contributed by atoms with van der Waals surface area (Å²) in [6.07, 6.45) is 7.62. The summed E-state index contributed by atoms with van der Waals surface area (Å²) in [7, 11) is 0. The van der Waals surface area contributed by atoms with Crippen LogP contribution in [0, 0.1) is 0 Å². The van der Waals surface area contributed by atoms with E-state index in [-0.39, 0.29) is 6.10 Å². The Labute approximate surface area is 142 Å². The Bertz CT molecular complexity index is 889. The van der Waals surface area contributed by atoms with Crippen molar-refractivity contribution in [2.24, 2.45) is 0 Å². The summed E-state index contributed by atoms with van der Waals surface area (Å²) >= 11 is 0. The number of hydrogen-bond acceptors (Lipinski definition) is 2. The minimum Gasteiger partial charge on any atom is -0.501 e. The first kappa shape index (κ1) is 15.2. The predicted molar refractivity (Wildman–Crippen MR) is 99.1 cm³/mol. The smallest absolute Gasteiger partial charge is 0.0908 e. The number of hydrogen-bond donors (Lipinski definition) is 1. The lowest BCUT2D eigenvalue weighted by atomic mass is 9.85. The van der Waals surface area contributed by atoms with Crippen molar-refractivity contribution < 1.29 is 9.84 Å². The third-order valence-electron chi connectivity index (χ3n) is 4.91. The SMILES string of the molecule is C1=COCC1.OC1CCCc2ccc3c(ccc4ccccc43)c21. The van der Waals surface area contributed by atoms with Crippen LogP contribution in [0.1, 0.15) is 36.5 Å². The highest BCUT2D eigenvalue weighted by Gasteiger charge is 2.20. The number of benzene rings is 3. The van der Waals surface area contributed by atoms with Crippen LogP contribution in [0.25, 0.3) is 21.5 Å². The molecule has 0 saturated heterocycles. The number of aliphatic hydroxyl groups is 1. The van der Waals surface area contributed by atoms with E-state index in [9.17, 15) is 5.11 Å². The molecule has 0 amide bonds. The Morgan fingerprint density at radius 2 is 1.79 bits per heavy atom. The predicted octanol–water partition coefficient (Wildman–Crippen LogP) is 5.28. The zero-order valence-electron chi connectivity index (χ0n) is 13.7. The lowest BCUT2D eigenvalue weighted by Crippen LogP contribution is -2.09. The summed E-state index contributed by atoms with van der Waals surface area (Å²) in [5, 5.41) is 15.4. The van der Waals surface area contributed by atoms with E-state index in [1.807, 2.05) is 6.08 Å². The van der Waals surface area contributed by atoms with Gasteiger partial charge in [-0.3, -0.25) is 0 Å². The van der Waals surface area contributed by atoms with E-state index in [0.29, 0.717) is 0 Å². The van der Waals surface area contributed by atoms with E-state index in [1.165, 1.54) is 27.1 Å². The molecule has 2 nitrogen and oxygen atoms in total. The summed E-state index contributed by atoms with van der Waals surface area (Å²) in [4.78, 5) is 0. The van der Waals surface area contributed by atoms with Gasteiger partial charge in [0.15, 0.2) is 0 Å². The van der Waals surface area contributed by atoms with Crippen LogP contribution in [0.4, 0.5) is 0 Å². The molecule has 2 heteroatoms. The van der Waals surface area contributed by atoms with E-state index in [4.69, 9.17) is 4.74 Å². The van der Waals surface area contributed by atoms with Gasteiger partial charge in [-0.05, 0) is 58.0 Å². The molecule has 1 N–H and O–H groups in total. The molecule has 1 atom stereocenters. The Balaban J connectivity index is 0.000000252. The molecule has 1 unspecified atom stereocenters. The zero-order valence-corrected chi connectivity index (χ0v) is 13.7. The second-order valence-electron chi connectivity index (χ2n) is 6.46. The third kappa shape index (κ3) is 2.78. The second kappa shape index (κ2) is 6.66. The van der Waals surface area contributed by atoms with Crippen molar-refractivity contribution >= 4 is 21.5 Å². The second-order valence-corrected chi connectivity index (χ2v) is 6.46. The maximum Gasteiger partial charge on any atom is 0.0908 e. The monoisotopic (exact) mass is 318 g/mol. The molecular weight excluding hydrogens is 296 g/mol. The number of fused-ring (bicyclic) bond motifs is 5. The fourth-order valence-electron chi connectivity index (χ4n) is 3.74. The molecule has 0 aromatic heterocycles. The average Bonchev–Trinajstić information content (AvgIpc) is 3.21. The van der Waals surface area contributed by atoms with Crippen LogP contribution in [0.15, 0.2) is 60.9 Å². The molecule has 2 aliphatic rings. The lowest BCUT2D eigenvalue weighted by molar-refractivity contribution is 0.158. The van der Waals surface area contributed by atoms with Crippen molar-refractivity contribution in [3.8, 4) is 0 Å². The van der Waals surface area contributed by atoms with Gasteiger partial charge in [-0.25, -0.2) is 0 Å². The van der Waals surface area contributed by atoms with Gasteiger partial charge >= 0.3 is 0 Å². The molecule has 3 aromatic rings. The van der Waals surface area contributed by atoms with Crippen LogP contribution < -0.4 is 0 Å². The summed E-state index contributed by atoms with van der Waals surface area (Å²) in [6.45, 7) is 0.889. The van der Waals surface area contributed by atoms with Gasteiger partial charge < -0.3 is 9.84 Å². The summed E-state index contributed by atoms with van der Waals surface area (Å²) in [5.41, 5.74) is 2.48. The molecule has 122 valence electrons. The molecule has 1 aliphatic carbocycles. The first-order valence-electron chi connectivity index (χ1n) is 8.72. The molecule has 0 spiro atoms. The first-order valence-corrected chi connectivity index (χ1v) is 8.72. The van der Waals surface area contributed by atoms with Crippen LogP contribution in [0.5, 0.6) is 0 Å². The fraction of sp³-hybridized carbons (Fsp3) is 0.273. The van der Waals surface area contributed by atoms with E-state index < -0.39 is 0 Å². The number of aliphatic hydroxyl groups excluding tert-OH is 1. The van der Waals surface area contributed by atoms with Crippen LogP contribution in [0.3, 0.4) is 0 Å². The van der Waals surface area contributed by atoms with Gasteiger partial charge in [-0.2, -0.15) is 0 Å². The van der Waals surface area contributed by atoms with Gasteiger partial charge in [0.1, 0.15) is 0 Å². The van der Waals surface area contributed by atoms with Crippen molar-refractivity contribution in [1.82, 2.24) is 0 Å². The Morgan fingerprint density at radius 1 is 0.917 bits per heavy atom. The van der Waals surface area contributed by atoms with Crippen molar-refractivity contribution in [3.63, 3.8) is 0 Å². The molecule has 3 aromatic carbocycles. The van der Waals surface area contributed by atoms with Crippen LogP contribution in [-0.4, -0.2) is 11.7 Å². The largest absolute Gasteiger partial charge is 0.501 e. The number of aryl methyl sites for hydroxylation is 1. The third-order valence-corrected chi connectivity index (χ3v) is 4.91. The Hall–Kier alpha value is -2.32. The minimum absolute atomic E-state index is 0.298. The number of ether oxygens (including phenoxy) is 1. The van der Waals surface area contributed by atoms with Gasteiger partial charge in [-0.1, -0.05) is 48.5 Å². The topological polar surface area (TPSA) is 29.5 Å². The number of rotatable bonds is 0. The van der Waals surface area contributed by atoms with Gasteiger partial charge in [0.25, 0.3) is 0 Å². The van der Waals surface area contributed by atoms with Crippen molar-refractivity contribution in [1.29, 1.82) is 0 Å². The lowest BCUT2D eigenvalue weighted by Gasteiger charge is -2.23. The van der Waals surface area contributed by atoms with Gasteiger partial charge in [0.05, 0.1) is 19.0 Å². The average molecular weight is 318 g/mol. The van der Waals surface area contributed by atoms with E-state index in [0.717, 1.165) is 37.9 Å². The molecule has 1 heterocycles. The molecule has 1 aliphatic heterocycles. The maximum absolute atomic E-state index is 10.3. The van der Waals surface area contributed by atoms with Gasteiger partial charge in [0, 0.05) is 6.42 Å². The van der Waals surface area contributed by atoms with Crippen molar-refractivity contribution in [3.05, 3.63) is 72.0 Å². The highest BCUT2D eigenvalue weighted by Crippen LogP contribution is 2.37. The summed E-state index contributed by atoms with van der Waals surface area (Å²) < 4.78 is 4.76. The Morgan fingerprint density at radius 3 is 2.58 bits per heavy atom. The van der Waals surface area contributed by atoms with Gasteiger partial charge in [0.2, 0.25) is 0 Å². The first-order chi connectivity index (χ1) is 11.8. The van der Waals surface area contributed by atoms with Crippen LogP contribution >= 0.6 is 0 Å². The summed E-state index contributed by atoms with van der Waals surface area (Å²) in [5.74, 6) is 0. The van der Waals surface area contributed by atoms with Crippen LogP contribution in [-0.2, 0) is 11.2 Å². The highest BCUT2D eigenvalue weighted by atomic mass is 16.5. The Kier molecular flexibility index (Phi) is 4.22. The molecule has 0 fully saturated rings. The normalized spacial score (nSPS) is 18.8. The fourth-order valence-corrected chi connectivity index (χ4v) is 3.74. The molecule has 5 rings (SSSR count). The molecule has 0 radical (unpaired) electrons. The quantitative estimate of drug-likeness (QED) is 0.571. The van der Waals surface area contributed by atoms with Crippen molar-refractivity contribution in [2.75, 3.05) is 6.61 Å². The summed E-state index contributed by atoms with van der Waals surface area (Å²) in [6, 6.07) is 17.2. The van der Waals surface area contributed by atoms with Crippen molar-refractivity contribution in [2.45, 2.75) is 31.8 Å². The molecule has 0 bridgehead atoms. The molecule has 24 heavy (non-hydrogen) atoms. The highest BCUT2D eigenvalue weighted by molar-refractivity contribution is 6.08. The zero-order chi connectivity index (χ0) is 16.4. The molecule has 0 saturated carbocycles. The standard InChI is InChI=1S/C18H16O.C4H6O/c19-17-7-3-5-13-9-10-15-14-6-2-1-4-12(14)8-11-16(15)18(13)17;1-2-4-5-3-1/h1-2,4,6,8-11,17,19H,3,5,7H2;1,3H,2,4H2. The van der Waals surface area contributed by atoms with Crippen LogP contribution in [0.2, 0.25) is 0 Å². The van der Waals surface area contributed by atoms with E-state index >= 15 is 0 Å². The molecular formula is C22H22O2. The van der Waals surface area contributed by atoms with E-state index in [1.54, 1.807) is 6.26 Å². The minimum atomic E-state index is -0.298. The van der Waals surface area contributed by atoms with Gasteiger partial charge in [-0.15, -0.1) is 0 Å². The maximum atomic E-state index is 10.3. The van der Waals surface area contributed by atoms with E-state index in [2.05, 4.69) is 48.5 Å².